The molecule has 1 amide bonds. The second-order valence-electron chi connectivity index (χ2n) is 8.99. The summed E-state index contributed by atoms with van der Waals surface area (Å²) in [6.07, 6.45) is 0. The number of carbonyl (C=O) groups is 2. The van der Waals surface area contributed by atoms with Crippen LogP contribution in [0.2, 0.25) is 0 Å². The summed E-state index contributed by atoms with van der Waals surface area (Å²) in [6, 6.07) is 22.3. The monoisotopic (exact) mass is 468 g/mol. The molecule has 1 atom stereocenters. The van der Waals surface area contributed by atoms with E-state index in [4.69, 9.17) is 0 Å². The van der Waals surface area contributed by atoms with Crippen LogP contribution in [0, 0.1) is 13.8 Å². The van der Waals surface area contributed by atoms with Crippen molar-refractivity contribution in [3.05, 3.63) is 106 Å². The number of likely N-dealkylation sites (tertiary alicyclic amines) is 1. The lowest BCUT2D eigenvalue weighted by molar-refractivity contribution is -0.140. The summed E-state index contributed by atoms with van der Waals surface area (Å²) in [7, 11) is 0. The molecule has 5 heteroatoms. The molecule has 0 bridgehead atoms. The lowest BCUT2D eigenvalue weighted by Gasteiger charge is -2.27. The Balaban J connectivity index is 1.84. The summed E-state index contributed by atoms with van der Waals surface area (Å²) < 4.78 is 0. The molecule has 1 N–H and O–H groups in total. The number of aliphatic hydroxyl groups is 1. The fraction of sp³-hybridized carbons (Fsp3) is 0.267. The number of aryl methyl sites for hydroxylation is 2. The van der Waals surface area contributed by atoms with Gasteiger partial charge in [-0.15, -0.1) is 0 Å². The summed E-state index contributed by atoms with van der Waals surface area (Å²) >= 11 is 0. The highest BCUT2D eigenvalue weighted by Crippen LogP contribution is 2.41. The third-order valence-corrected chi connectivity index (χ3v) is 6.77. The van der Waals surface area contributed by atoms with Gasteiger partial charge in [-0.3, -0.25) is 9.59 Å². The van der Waals surface area contributed by atoms with E-state index < -0.39 is 17.7 Å². The van der Waals surface area contributed by atoms with Crippen LogP contribution in [0.1, 0.15) is 47.7 Å². The molecule has 35 heavy (non-hydrogen) atoms. The molecule has 0 aromatic heterocycles. The molecule has 1 aliphatic heterocycles. The van der Waals surface area contributed by atoms with Crippen molar-refractivity contribution in [3.63, 3.8) is 0 Å². The summed E-state index contributed by atoms with van der Waals surface area (Å²) in [5.74, 6) is -1.40. The maximum Gasteiger partial charge on any atom is 0.295 e. The third-order valence-electron chi connectivity index (χ3n) is 6.77. The summed E-state index contributed by atoms with van der Waals surface area (Å²) in [6.45, 7) is 10.3. The zero-order valence-corrected chi connectivity index (χ0v) is 20.8. The molecule has 1 aliphatic rings. The number of hydrogen-bond donors (Lipinski definition) is 1. The number of hydrogen-bond acceptors (Lipinski definition) is 4. The molecule has 0 spiro atoms. The fourth-order valence-electron chi connectivity index (χ4n) is 4.75. The highest BCUT2D eigenvalue weighted by molar-refractivity contribution is 6.46. The zero-order chi connectivity index (χ0) is 25.1. The topological polar surface area (TPSA) is 60.9 Å². The van der Waals surface area contributed by atoms with Crippen molar-refractivity contribution < 1.29 is 14.7 Å². The molecule has 5 nitrogen and oxygen atoms in total. The van der Waals surface area contributed by atoms with Gasteiger partial charge in [0.05, 0.1) is 11.6 Å². The van der Waals surface area contributed by atoms with Crippen molar-refractivity contribution in [2.75, 3.05) is 18.0 Å². The van der Waals surface area contributed by atoms with Gasteiger partial charge < -0.3 is 14.9 Å². The highest BCUT2D eigenvalue weighted by Gasteiger charge is 2.46. The molecular formula is C30H32N2O3. The van der Waals surface area contributed by atoms with Crippen molar-refractivity contribution in [1.29, 1.82) is 0 Å². The van der Waals surface area contributed by atoms with Gasteiger partial charge in [-0.05, 0) is 56.5 Å². The van der Waals surface area contributed by atoms with E-state index in [-0.39, 0.29) is 17.9 Å². The maximum atomic E-state index is 13.3. The largest absolute Gasteiger partial charge is 0.507 e. The minimum Gasteiger partial charge on any atom is -0.507 e. The van der Waals surface area contributed by atoms with Crippen LogP contribution in [-0.2, 0) is 16.1 Å². The van der Waals surface area contributed by atoms with Gasteiger partial charge in [0.2, 0.25) is 0 Å². The summed E-state index contributed by atoms with van der Waals surface area (Å²) in [4.78, 5) is 30.5. The molecule has 1 unspecified atom stereocenters. The number of amides is 1. The molecule has 1 heterocycles. The van der Waals surface area contributed by atoms with E-state index in [1.54, 1.807) is 29.2 Å². The molecule has 3 aromatic carbocycles. The standard InChI is InChI=1S/C30H32N2O3/c1-5-31(6-2)25-16-14-22(15-17-25)27-26(28(33)23-10-8-7-9-11-23)29(34)30(35)32(27)19-24-18-20(3)12-13-21(24)4/h7-18,27,33H,5-6,19H2,1-4H3/b28-26-. The molecule has 1 fully saturated rings. The van der Waals surface area contributed by atoms with Crippen LogP contribution >= 0.6 is 0 Å². The number of rotatable bonds is 7. The van der Waals surface area contributed by atoms with Gasteiger partial charge in [-0.25, -0.2) is 0 Å². The lowest BCUT2D eigenvalue weighted by Crippen LogP contribution is -2.29. The fourth-order valence-corrected chi connectivity index (χ4v) is 4.75. The van der Waals surface area contributed by atoms with Crippen LogP contribution in [-0.4, -0.2) is 34.8 Å². The minimum atomic E-state index is -0.680. The minimum absolute atomic E-state index is 0.127. The predicted molar refractivity (Wildman–Crippen MR) is 140 cm³/mol. The number of anilines is 1. The van der Waals surface area contributed by atoms with Crippen LogP contribution in [0.25, 0.3) is 5.76 Å². The van der Waals surface area contributed by atoms with Crippen molar-refractivity contribution in [1.82, 2.24) is 4.90 Å². The van der Waals surface area contributed by atoms with Crippen molar-refractivity contribution in [2.24, 2.45) is 0 Å². The van der Waals surface area contributed by atoms with Crippen molar-refractivity contribution in [3.8, 4) is 0 Å². The van der Waals surface area contributed by atoms with E-state index in [0.717, 1.165) is 41.0 Å². The molecule has 0 saturated carbocycles. The van der Waals surface area contributed by atoms with Gasteiger partial charge >= 0.3 is 0 Å². The zero-order valence-electron chi connectivity index (χ0n) is 20.8. The number of Topliss-reactive ketones (excluding diaryl/α,β-unsaturated/α-hetero) is 1. The predicted octanol–water partition coefficient (Wildman–Crippen LogP) is 5.77. The SMILES string of the molecule is CCN(CC)c1ccc(C2/C(=C(/O)c3ccccc3)C(=O)C(=O)N2Cc2cc(C)ccc2C)cc1. The smallest absolute Gasteiger partial charge is 0.295 e. The molecule has 1 saturated heterocycles. The Morgan fingerprint density at radius 3 is 2.20 bits per heavy atom. The van der Waals surface area contributed by atoms with E-state index >= 15 is 0 Å². The van der Waals surface area contributed by atoms with E-state index in [1.165, 1.54) is 0 Å². The van der Waals surface area contributed by atoms with Gasteiger partial charge in [0.1, 0.15) is 5.76 Å². The first-order chi connectivity index (χ1) is 16.8. The molecule has 0 radical (unpaired) electrons. The van der Waals surface area contributed by atoms with Crippen molar-refractivity contribution >= 4 is 23.1 Å². The molecule has 4 rings (SSSR count). The van der Waals surface area contributed by atoms with Crippen LogP contribution in [0.15, 0.2) is 78.4 Å². The van der Waals surface area contributed by atoms with Crippen LogP contribution < -0.4 is 4.90 Å². The Hall–Kier alpha value is -3.86. The van der Waals surface area contributed by atoms with Gasteiger partial charge in [0.15, 0.2) is 0 Å². The second-order valence-corrected chi connectivity index (χ2v) is 8.99. The average Bonchev–Trinajstić information content (AvgIpc) is 3.12. The summed E-state index contributed by atoms with van der Waals surface area (Å²) in [5.41, 5.74) is 5.64. The third kappa shape index (κ3) is 4.72. The normalized spacial score (nSPS) is 17.1. The maximum absolute atomic E-state index is 13.3. The molecule has 0 aliphatic carbocycles. The Labute approximate surface area is 207 Å². The first-order valence-electron chi connectivity index (χ1n) is 12.1. The number of nitrogens with zero attached hydrogens (tertiary/aromatic N) is 2. The quantitative estimate of drug-likeness (QED) is 0.272. The van der Waals surface area contributed by atoms with Crippen molar-refractivity contribution in [2.45, 2.75) is 40.3 Å². The van der Waals surface area contributed by atoms with Gasteiger partial charge in [0, 0.05) is 30.9 Å². The second kappa shape index (κ2) is 10.2. The van der Waals surface area contributed by atoms with E-state index in [2.05, 4.69) is 18.7 Å². The van der Waals surface area contributed by atoms with Gasteiger partial charge in [-0.1, -0.05) is 66.2 Å². The first kappa shape index (κ1) is 24.3. The van der Waals surface area contributed by atoms with E-state index in [0.29, 0.717) is 5.56 Å². The molecule has 3 aromatic rings. The van der Waals surface area contributed by atoms with Crippen LogP contribution in [0.3, 0.4) is 0 Å². The number of ketones is 1. The number of benzene rings is 3. The lowest BCUT2D eigenvalue weighted by atomic mass is 9.94. The van der Waals surface area contributed by atoms with E-state index in [1.807, 2.05) is 62.4 Å². The van der Waals surface area contributed by atoms with Gasteiger partial charge in [0.25, 0.3) is 11.7 Å². The molecule has 180 valence electrons. The Kier molecular flexibility index (Phi) is 7.06. The number of carbonyl (C=O) groups excluding carboxylic acids is 2. The van der Waals surface area contributed by atoms with E-state index in [9.17, 15) is 14.7 Å². The summed E-state index contributed by atoms with van der Waals surface area (Å²) in [5, 5.41) is 11.2. The Morgan fingerprint density at radius 2 is 1.57 bits per heavy atom. The molecular weight excluding hydrogens is 436 g/mol. The number of aliphatic hydroxyl groups excluding tert-OH is 1. The Bertz CT molecular complexity index is 1260. The average molecular weight is 469 g/mol. The van der Waals surface area contributed by atoms with Crippen LogP contribution in [0.4, 0.5) is 5.69 Å². The first-order valence-corrected chi connectivity index (χ1v) is 12.1. The van der Waals surface area contributed by atoms with Gasteiger partial charge in [-0.2, -0.15) is 0 Å². The highest BCUT2D eigenvalue weighted by atomic mass is 16.3. The Morgan fingerprint density at radius 1 is 0.914 bits per heavy atom. The van der Waals surface area contributed by atoms with Crippen LogP contribution in [0.5, 0.6) is 0 Å².